The number of nitrogens with zero attached hydrogens (tertiary/aromatic N) is 4. The molecule has 2 fully saturated rings. The maximum atomic E-state index is 15.6. The Morgan fingerprint density at radius 3 is 2.58 bits per heavy atom. The first-order valence-electron chi connectivity index (χ1n) is 13.0. The highest BCUT2D eigenvalue weighted by Gasteiger charge is 2.32. The SMILES string of the molecule is COc1c(N2CCN(C(=O)Cc3nc4cc(Cl)c(C)cc4[nH]3)CC2)c(F)cc2c(=O)c(C(=O)O)cn(C3CC3)c12. The van der Waals surface area contributed by atoms with Gasteiger partial charge >= 0.3 is 5.97 Å². The van der Waals surface area contributed by atoms with Crippen LogP contribution in [-0.2, 0) is 11.2 Å². The molecule has 3 heterocycles. The number of aromatic carboxylic acids is 1. The number of anilines is 1. The van der Waals surface area contributed by atoms with Gasteiger partial charge in [0.15, 0.2) is 11.6 Å². The molecule has 2 aromatic carbocycles. The van der Waals surface area contributed by atoms with Gasteiger partial charge in [0.05, 0.1) is 35.5 Å². The van der Waals surface area contributed by atoms with Crippen molar-refractivity contribution in [2.45, 2.75) is 32.2 Å². The number of aryl methyl sites for hydroxylation is 1. The summed E-state index contributed by atoms with van der Waals surface area (Å²) < 4.78 is 23.0. The van der Waals surface area contributed by atoms with Gasteiger partial charge in [0, 0.05) is 43.4 Å². The molecule has 1 amide bonds. The number of aromatic nitrogens is 3. The molecular weight excluding hydrogens is 541 g/mol. The number of H-pyrrole nitrogens is 1. The van der Waals surface area contributed by atoms with Gasteiger partial charge in [0.1, 0.15) is 17.1 Å². The maximum absolute atomic E-state index is 15.6. The fourth-order valence-corrected chi connectivity index (χ4v) is 5.59. The van der Waals surface area contributed by atoms with E-state index in [0.29, 0.717) is 48.1 Å². The van der Waals surface area contributed by atoms with Gasteiger partial charge in [-0.25, -0.2) is 14.2 Å². The van der Waals surface area contributed by atoms with E-state index in [1.165, 1.54) is 13.3 Å². The summed E-state index contributed by atoms with van der Waals surface area (Å²) in [7, 11) is 1.41. The summed E-state index contributed by atoms with van der Waals surface area (Å²) in [5, 5.41) is 10.1. The molecule has 0 atom stereocenters. The standard InChI is InChI=1S/C28H27ClFN5O5/c1-14-9-20-21(11-18(14)29)32-22(31-20)12-23(36)33-5-7-34(8-6-33)25-19(30)10-16-24(27(25)40-2)35(15-3-4-15)13-17(26(16)37)28(38)39/h9-11,13,15H,3-8,12H2,1-2H3,(H,31,32)(H,38,39). The first kappa shape index (κ1) is 26.1. The van der Waals surface area contributed by atoms with Crippen molar-refractivity contribution in [2.24, 2.45) is 0 Å². The van der Waals surface area contributed by atoms with Crippen molar-refractivity contribution in [2.75, 3.05) is 38.2 Å². The van der Waals surface area contributed by atoms with Crippen LogP contribution in [0.3, 0.4) is 0 Å². The first-order valence-corrected chi connectivity index (χ1v) is 13.4. The summed E-state index contributed by atoms with van der Waals surface area (Å²) in [6.45, 7) is 3.31. The largest absolute Gasteiger partial charge is 0.492 e. The minimum atomic E-state index is -1.35. The highest BCUT2D eigenvalue weighted by molar-refractivity contribution is 6.32. The number of rotatable bonds is 6. The lowest BCUT2D eigenvalue weighted by Gasteiger charge is -2.37. The molecule has 1 saturated heterocycles. The number of hydrogen-bond acceptors (Lipinski definition) is 6. The van der Waals surface area contributed by atoms with E-state index in [2.05, 4.69) is 9.97 Å². The lowest BCUT2D eigenvalue weighted by atomic mass is 10.1. The second kappa shape index (κ2) is 9.81. The van der Waals surface area contributed by atoms with Gasteiger partial charge in [-0.1, -0.05) is 11.6 Å². The summed E-state index contributed by atoms with van der Waals surface area (Å²) in [6.07, 6.45) is 3.08. The van der Waals surface area contributed by atoms with Crippen LogP contribution in [0.4, 0.5) is 10.1 Å². The zero-order chi connectivity index (χ0) is 28.3. The number of benzene rings is 2. The number of piperazine rings is 1. The van der Waals surface area contributed by atoms with Crippen LogP contribution < -0.4 is 15.1 Å². The number of nitrogens with one attached hydrogen (secondary N) is 1. The minimum Gasteiger partial charge on any atom is -0.492 e. The van der Waals surface area contributed by atoms with Crippen LogP contribution >= 0.6 is 11.6 Å². The number of amides is 1. The number of carboxylic acid groups (broad SMARTS) is 1. The Balaban J connectivity index is 1.26. The van der Waals surface area contributed by atoms with Gasteiger partial charge in [0.25, 0.3) is 0 Å². The molecule has 0 bridgehead atoms. The highest BCUT2D eigenvalue weighted by Crippen LogP contribution is 2.43. The topological polar surface area (TPSA) is 121 Å². The number of carboxylic acids is 1. The smallest absolute Gasteiger partial charge is 0.341 e. The van der Waals surface area contributed by atoms with Gasteiger partial charge in [0.2, 0.25) is 11.3 Å². The molecule has 0 radical (unpaired) electrons. The third-order valence-corrected chi connectivity index (χ3v) is 8.06. The molecule has 1 saturated carbocycles. The molecule has 2 aliphatic rings. The summed E-state index contributed by atoms with van der Waals surface area (Å²) in [5.41, 5.74) is 1.86. The van der Waals surface area contributed by atoms with Gasteiger partial charge in [-0.2, -0.15) is 0 Å². The Labute approximate surface area is 232 Å². The van der Waals surface area contributed by atoms with Crippen LogP contribution in [0.25, 0.3) is 21.9 Å². The van der Waals surface area contributed by atoms with Crippen molar-refractivity contribution < 1.29 is 23.8 Å². The Hall–Kier alpha value is -4.12. The minimum absolute atomic E-state index is 0.0149. The fraction of sp³-hybridized carbons (Fsp3) is 0.357. The van der Waals surface area contributed by atoms with E-state index in [1.54, 1.807) is 20.4 Å². The molecule has 1 aliphatic carbocycles. The Kier molecular flexibility index (Phi) is 6.41. The van der Waals surface area contributed by atoms with E-state index >= 15 is 4.39 Å². The zero-order valence-corrected chi connectivity index (χ0v) is 22.7. The maximum Gasteiger partial charge on any atom is 0.341 e. The molecule has 2 aromatic heterocycles. The number of fused-ring (bicyclic) bond motifs is 2. The number of hydrogen-bond donors (Lipinski definition) is 2. The summed E-state index contributed by atoms with van der Waals surface area (Å²) in [5.74, 6) is -1.40. The quantitative estimate of drug-likeness (QED) is 0.362. The zero-order valence-electron chi connectivity index (χ0n) is 22.0. The van der Waals surface area contributed by atoms with Crippen LogP contribution in [0.5, 0.6) is 5.75 Å². The summed E-state index contributed by atoms with van der Waals surface area (Å²) >= 11 is 6.20. The Morgan fingerprint density at radius 1 is 1.20 bits per heavy atom. The number of halogens is 2. The predicted octanol–water partition coefficient (Wildman–Crippen LogP) is 3.91. The number of aromatic amines is 1. The third kappa shape index (κ3) is 4.43. The molecule has 0 unspecified atom stereocenters. The molecule has 10 nitrogen and oxygen atoms in total. The predicted molar refractivity (Wildman–Crippen MR) is 148 cm³/mol. The number of ether oxygens (including phenoxy) is 1. The van der Waals surface area contributed by atoms with E-state index in [0.717, 1.165) is 30.0 Å². The lowest BCUT2D eigenvalue weighted by Crippen LogP contribution is -2.49. The number of methoxy groups -OCH3 is 1. The summed E-state index contributed by atoms with van der Waals surface area (Å²) in [4.78, 5) is 48.9. The van der Waals surface area contributed by atoms with Gasteiger partial charge in [-0.15, -0.1) is 0 Å². The second-order valence-electron chi connectivity index (χ2n) is 10.3. The Bertz CT molecular complexity index is 1720. The van der Waals surface area contributed by atoms with Crippen molar-refractivity contribution >= 4 is 51.1 Å². The van der Waals surface area contributed by atoms with Crippen LogP contribution in [0.15, 0.2) is 29.2 Å². The number of carbonyl (C=O) groups excluding carboxylic acids is 1. The van der Waals surface area contributed by atoms with E-state index in [9.17, 15) is 19.5 Å². The normalized spacial score (nSPS) is 15.7. The van der Waals surface area contributed by atoms with Crippen LogP contribution in [0.1, 0.15) is 40.6 Å². The van der Waals surface area contributed by atoms with Crippen molar-refractivity contribution in [3.63, 3.8) is 0 Å². The average Bonchev–Trinajstić information content (AvgIpc) is 3.70. The molecule has 40 heavy (non-hydrogen) atoms. The van der Waals surface area contributed by atoms with Crippen molar-refractivity contribution in [1.29, 1.82) is 0 Å². The van der Waals surface area contributed by atoms with Crippen molar-refractivity contribution in [3.05, 3.63) is 62.4 Å². The second-order valence-corrected chi connectivity index (χ2v) is 10.7. The Morgan fingerprint density at radius 2 is 1.93 bits per heavy atom. The van der Waals surface area contributed by atoms with E-state index in [1.807, 2.05) is 13.0 Å². The molecule has 208 valence electrons. The highest BCUT2D eigenvalue weighted by atomic mass is 35.5. The van der Waals surface area contributed by atoms with Crippen LogP contribution in [0, 0.1) is 12.7 Å². The lowest BCUT2D eigenvalue weighted by molar-refractivity contribution is -0.130. The molecule has 1 aliphatic heterocycles. The van der Waals surface area contributed by atoms with Crippen LogP contribution in [-0.4, -0.2) is 69.7 Å². The van der Waals surface area contributed by atoms with Gasteiger partial charge < -0.3 is 29.2 Å². The van der Waals surface area contributed by atoms with E-state index in [-0.39, 0.29) is 35.2 Å². The molecule has 12 heteroatoms. The molecule has 6 rings (SSSR count). The number of pyridine rings is 1. The number of carbonyl (C=O) groups is 2. The van der Waals surface area contributed by atoms with Gasteiger partial charge in [-0.3, -0.25) is 9.59 Å². The van der Waals surface area contributed by atoms with E-state index < -0.39 is 22.8 Å². The molecule has 4 aromatic rings. The van der Waals surface area contributed by atoms with Crippen molar-refractivity contribution in [1.82, 2.24) is 19.4 Å². The summed E-state index contributed by atoms with van der Waals surface area (Å²) in [6, 6.07) is 4.79. The third-order valence-electron chi connectivity index (χ3n) is 7.65. The molecule has 0 spiro atoms. The van der Waals surface area contributed by atoms with Crippen LogP contribution in [0.2, 0.25) is 5.02 Å². The van der Waals surface area contributed by atoms with Crippen molar-refractivity contribution in [3.8, 4) is 5.75 Å². The first-order chi connectivity index (χ1) is 19.2. The van der Waals surface area contributed by atoms with E-state index in [4.69, 9.17) is 16.3 Å². The molecular formula is C28H27ClFN5O5. The van der Waals surface area contributed by atoms with Gasteiger partial charge in [-0.05, 0) is 43.5 Å². The fourth-order valence-electron chi connectivity index (χ4n) is 5.43. The monoisotopic (exact) mass is 567 g/mol. The molecule has 2 N–H and O–H groups in total. The number of imidazole rings is 1. The average molecular weight is 568 g/mol.